The van der Waals surface area contributed by atoms with Crippen LogP contribution in [0.25, 0.3) is 0 Å². The van der Waals surface area contributed by atoms with E-state index in [1.54, 1.807) is 0 Å². The molecule has 1 atom stereocenters. The Morgan fingerprint density at radius 3 is 2.50 bits per heavy atom. The second-order valence-electron chi connectivity index (χ2n) is 2.38. The highest BCUT2D eigenvalue weighted by Gasteiger charge is 2.13. The maximum Gasteiger partial charge on any atom is 0.303 e. The van der Waals surface area contributed by atoms with E-state index < -0.39 is 17.8 Å². The number of rotatable bonds is 6. The van der Waals surface area contributed by atoms with E-state index in [-0.39, 0.29) is 19.3 Å². The first-order valence-electron chi connectivity index (χ1n) is 3.51. The monoisotopic (exact) mass is 173 g/mol. The largest absolute Gasteiger partial charge is 0.481 e. The fraction of sp³-hybridized carbons (Fsp3) is 0.571. The molecule has 1 unspecified atom stereocenters. The number of hydrogen-bond acceptors (Lipinski definition) is 4. The number of carbonyl (C=O) groups excluding carboxylic acids is 2. The second-order valence-corrected chi connectivity index (χ2v) is 2.38. The molecular weight excluding hydrogens is 162 g/mol. The fourth-order valence-corrected chi connectivity index (χ4v) is 0.673. The Bertz CT molecular complexity index is 190. The van der Waals surface area contributed by atoms with Crippen molar-refractivity contribution in [1.82, 2.24) is 0 Å². The molecule has 0 aliphatic heterocycles. The molecule has 0 aromatic carbocycles. The van der Waals surface area contributed by atoms with Crippen LogP contribution in [0.1, 0.15) is 19.3 Å². The highest BCUT2D eigenvalue weighted by molar-refractivity contribution is 5.93. The van der Waals surface area contributed by atoms with Gasteiger partial charge in [-0.05, 0) is 6.42 Å². The minimum absolute atomic E-state index is 0.0853. The predicted molar refractivity (Wildman–Crippen MR) is 40.5 cm³/mol. The summed E-state index contributed by atoms with van der Waals surface area (Å²) in [4.78, 5) is 30.7. The van der Waals surface area contributed by atoms with Crippen LogP contribution in [-0.2, 0) is 14.4 Å². The highest BCUT2D eigenvalue weighted by atomic mass is 16.4. The first-order chi connectivity index (χ1) is 5.57. The summed E-state index contributed by atoms with van der Waals surface area (Å²) in [7, 11) is 0. The first-order valence-corrected chi connectivity index (χ1v) is 3.51. The first kappa shape index (κ1) is 10.8. The molecule has 0 spiro atoms. The molecule has 3 N–H and O–H groups in total. The molecule has 0 fully saturated rings. The van der Waals surface area contributed by atoms with Crippen LogP contribution in [0.2, 0.25) is 0 Å². The molecule has 0 saturated carbocycles. The maximum atomic E-state index is 10.8. The molecule has 12 heavy (non-hydrogen) atoms. The molecule has 68 valence electrons. The van der Waals surface area contributed by atoms with Gasteiger partial charge in [-0.15, -0.1) is 0 Å². The van der Waals surface area contributed by atoms with Gasteiger partial charge in [0.1, 0.15) is 6.29 Å². The standard InChI is InChI=1S/C7H11NO4/c8-5(1-2-7(11)12)6(10)3-4-9/h4-5H,1-3,8H2,(H,11,12). The van der Waals surface area contributed by atoms with E-state index in [0.29, 0.717) is 6.29 Å². The van der Waals surface area contributed by atoms with Crippen molar-refractivity contribution in [1.29, 1.82) is 0 Å². The summed E-state index contributed by atoms with van der Waals surface area (Å²) in [5, 5.41) is 8.24. The zero-order valence-corrected chi connectivity index (χ0v) is 6.53. The predicted octanol–water partition coefficient (Wildman–Crippen LogP) is -0.663. The minimum Gasteiger partial charge on any atom is -0.481 e. The molecule has 0 radical (unpaired) electrons. The lowest BCUT2D eigenvalue weighted by atomic mass is 10.1. The van der Waals surface area contributed by atoms with Gasteiger partial charge >= 0.3 is 5.97 Å². The SMILES string of the molecule is NC(CCC(=O)O)C(=O)CC=O. The number of aliphatic carboxylic acids is 1. The van der Waals surface area contributed by atoms with Gasteiger partial charge in [-0.1, -0.05) is 0 Å². The Morgan fingerprint density at radius 1 is 1.50 bits per heavy atom. The molecule has 0 heterocycles. The molecular formula is C7H11NO4. The summed E-state index contributed by atoms with van der Waals surface area (Å²) in [6.07, 6.45) is 0.164. The van der Waals surface area contributed by atoms with Gasteiger partial charge in [-0.2, -0.15) is 0 Å². The average Bonchev–Trinajstić information content (AvgIpc) is 2.00. The summed E-state index contributed by atoms with van der Waals surface area (Å²) in [6, 6.07) is -0.828. The molecule has 0 saturated heterocycles. The van der Waals surface area contributed by atoms with Crippen LogP contribution in [0.3, 0.4) is 0 Å². The Labute approximate surface area is 69.5 Å². The summed E-state index contributed by atoms with van der Waals surface area (Å²) in [6.45, 7) is 0. The van der Waals surface area contributed by atoms with Crippen molar-refractivity contribution in [3.63, 3.8) is 0 Å². The zero-order valence-electron chi connectivity index (χ0n) is 6.53. The lowest BCUT2D eigenvalue weighted by Crippen LogP contribution is -2.31. The number of nitrogens with two attached hydrogens (primary N) is 1. The van der Waals surface area contributed by atoms with Gasteiger partial charge in [0.25, 0.3) is 0 Å². The van der Waals surface area contributed by atoms with Gasteiger partial charge in [-0.3, -0.25) is 9.59 Å². The van der Waals surface area contributed by atoms with Crippen LogP contribution in [0.4, 0.5) is 0 Å². The number of aldehydes is 1. The Hall–Kier alpha value is -1.23. The van der Waals surface area contributed by atoms with Crippen LogP contribution in [0.15, 0.2) is 0 Å². The molecule has 0 aliphatic carbocycles. The van der Waals surface area contributed by atoms with Crippen LogP contribution >= 0.6 is 0 Å². The Kier molecular flexibility index (Phi) is 4.87. The lowest BCUT2D eigenvalue weighted by Gasteiger charge is -2.05. The smallest absolute Gasteiger partial charge is 0.303 e. The van der Waals surface area contributed by atoms with Gasteiger partial charge in [0.15, 0.2) is 5.78 Å². The number of carbonyl (C=O) groups is 3. The second kappa shape index (κ2) is 5.42. The number of Topliss-reactive ketones (excluding diaryl/α,β-unsaturated/α-hetero) is 1. The molecule has 0 aliphatic rings. The number of hydrogen-bond donors (Lipinski definition) is 2. The van der Waals surface area contributed by atoms with E-state index in [9.17, 15) is 14.4 Å². The maximum absolute atomic E-state index is 10.8. The molecule has 5 heteroatoms. The Morgan fingerprint density at radius 2 is 2.08 bits per heavy atom. The van der Waals surface area contributed by atoms with Crippen LogP contribution < -0.4 is 5.73 Å². The van der Waals surface area contributed by atoms with Crippen molar-refractivity contribution in [2.24, 2.45) is 5.73 Å². The van der Waals surface area contributed by atoms with Gasteiger partial charge in [-0.25, -0.2) is 0 Å². The van der Waals surface area contributed by atoms with Gasteiger partial charge in [0.05, 0.1) is 12.5 Å². The van der Waals surface area contributed by atoms with Crippen molar-refractivity contribution >= 4 is 18.0 Å². The normalized spacial score (nSPS) is 12.1. The van der Waals surface area contributed by atoms with E-state index in [1.807, 2.05) is 0 Å². The van der Waals surface area contributed by atoms with E-state index in [0.717, 1.165) is 0 Å². The highest BCUT2D eigenvalue weighted by Crippen LogP contribution is 1.97. The van der Waals surface area contributed by atoms with Crippen molar-refractivity contribution in [3.05, 3.63) is 0 Å². The van der Waals surface area contributed by atoms with Crippen molar-refractivity contribution in [2.75, 3.05) is 0 Å². The fourth-order valence-electron chi connectivity index (χ4n) is 0.673. The van der Waals surface area contributed by atoms with Crippen molar-refractivity contribution < 1.29 is 19.5 Å². The molecule has 0 aromatic rings. The van der Waals surface area contributed by atoms with Gasteiger partial charge in [0, 0.05) is 6.42 Å². The molecule has 5 nitrogen and oxygen atoms in total. The molecule has 0 bridgehead atoms. The van der Waals surface area contributed by atoms with Crippen LogP contribution in [0.5, 0.6) is 0 Å². The third kappa shape index (κ3) is 4.56. The van der Waals surface area contributed by atoms with Crippen molar-refractivity contribution in [3.8, 4) is 0 Å². The van der Waals surface area contributed by atoms with Gasteiger partial charge < -0.3 is 15.6 Å². The van der Waals surface area contributed by atoms with Gasteiger partial charge in [0.2, 0.25) is 0 Å². The number of carboxylic acid groups (broad SMARTS) is 1. The third-order valence-electron chi connectivity index (χ3n) is 1.37. The summed E-state index contributed by atoms with van der Waals surface area (Å²) >= 11 is 0. The van der Waals surface area contributed by atoms with E-state index >= 15 is 0 Å². The van der Waals surface area contributed by atoms with Crippen molar-refractivity contribution in [2.45, 2.75) is 25.3 Å². The van der Waals surface area contributed by atoms with Crippen LogP contribution in [0, 0.1) is 0 Å². The number of carboxylic acids is 1. The zero-order chi connectivity index (χ0) is 9.56. The summed E-state index contributed by atoms with van der Waals surface area (Å²) < 4.78 is 0. The van der Waals surface area contributed by atoms with E-state index in [2.05, 4.69) is 0 Å². The topological polar surface area (TPSA) is 97.5 Å². The van der Waals surface area contributed by atoms with E-state index in [1.165, 1.54) is 0 Å². The third-order valence-corrected chi connectivity index (χ3v) is 1.37. The summed E-state index contributed by atoms with van der Waals surface area (Å²) in [5.41, 5.74) is 5.28. The minimum atomic E-state index is -0.996. The Balaban J connectivity index is 3.70. The van der Waals surface area contributed by atoms with Crippen LogP contribution in [-0.4, -0.2) is 29.2 Å². The summed E-state index contributed by atoms with van der Waals surface area (Å²) in [5.74, 6) is -1.41. The quantitative estimate of drug-likeness (QED) is 0.410. The van der Waals surface area contributed by atoms with E-state index in [4.69, 9.17) is 10.8 Å². The molecule has 0 rings (SSSR count). The lowest BCUT2D eigenvalue weighted by molar-refractivity contribution is -0.137. The molecule has 0 aromatic heterocycles. The average molecular weight is 173 g/mol. The molecule has 0 amide bonds. The number of ketones is 1.